The Bertz CT molecular complexity index is 1120. The van der Waals surface area contributed by atoms with E-state index in [1.54, 1.807) is 24.4 Å². The zero-order valence-corrected chi connectivity index (χ0v) is 17.2. The highest BCUT2D eigenvalue weighted by molar-refractivity contribution is 6.32. The predicted octanol–water partition coefficient (Wildman–Crippen LogP) is 5.00. The molecule has 0 radical (unpaired) electrons. The number of rotatable bonds is 5. The summed E-state index contributed by atoms with van der Waals surface area (Å²) in [5.41, 5.74) is 0.315. The van der Waals surface area contributed by atoms with Crippen molar-refractivity contribution in [3.8, 4) is 11.8 Å². The van der Waals surface area contributed by atoms with Gasteiger partial charge in [0, 0.05) is 24.1 Å². The van der Waals surface area contributed by atoms with Gasteiger partial charge in [-0.1, -0.05) is 11.6 Å². The summed E-state index contributed by atoms with van der Waals surface area (Å²) < 4.78 is 33.2. The van der Waals surface area contributed by atoms with Crippen molar-refractivity contribution in [3.63, 3.8) is 0 Å². The molecule has 0 spiro atoms. The van der Waals surface area contributed by atoms with Crippen LogP contribution in [0.5, 0.6) is 5.75 Å². The van der Waals surface area contributed by atoms with Crippen LogP contribution in [-0.2, 0) is 4.79 Å². The Balaban J connectivity index is 1.23. The minimum atomic E-state index is -0.669. The molecule has 0 aromatic heterocycles. The van der Waals surface area contributed by atoms with Crippen LogP contribution in [0.1, 0.15) is 42.9 Å². The lowest BCUT2D eigenvalue weighted by atomic mass is 9.35. The molecule has 1 heterocycles. The summed E-state index contributed by atoms with van der Waals surface area (Å²) in [5.74, 6) is -0.924. The van der Waals surface area contributed by atoms with Gasteiger partial charge in [-0.25, -0.2) is 13.8 Å². The largest absolute Gasteiger partial charge is 0.491 e. The monoisotopic (exact) mass is 441 g/mol. The molecule has 4 aliphatic rings. The molecule has 6 rings (SSSR count). The van der Waals surface area contributed by atoms with Crippen LogP contribution < -0.4 is 4.74 Å². The number of carbonyl (C=O) groups is 1. The maximum Gasteiger partial charge on any atom is 0.249 e. The number of halogens is 3. The first-order chi connectivity index (χ1) is 14.8. The fourth-order valence-electron chi connectivity index (χ4n) is 5.19. The zero-order valence-electron chi connectivity index (χ0n) is 16.4. The van der Waals surface area contributed by atoms with Crippen LogP contribution in [0.3, 0.4) is 0 Å². The topological polar surface area (TPSA) is 65.7 Å². The molecule has 158 valence electrons. The predicted molar refractivity (Wildman–Crippen MR) is 109 cm³/mol. The quantitative estimate of drug-likeness (QED) is 0.656. The van der Waals surface area contributed by atoms with E-state index in [0.717, 1.165) is 6.07 Å². The van der Waals surface area contributed by atoms with E-state index in [1.807, 2.05) is 6.07 Å². The molecule has 3 fully saturated rings. The van der Waals surface area contributed by atoms with Gasteiger partial charge in [-0.05, 0) is 55.2 Å². The van der Waals surface area contributed by atoms with Crippen molar-refractivity contribution in [3.05, 3.63) is 64.2 Å². The average Bonchev–Trinajstić information content (AvgIpc) is 3.15. The Morgan fingerprint density at radius 2 is 1.94 bits per heavy atom. The van der Waals surface area contributed by atoms with Gasteiger partial charge in [0.25, 0.3) is 0 Å². The second-order valence-corrected chi connectivity index (χ2v) is 9.17. The Labute approximate surface area is 182 Å². The summed E-state index contributed by atoms with van der Waals surface area (Å²) in [7, 11) is 0. The molecular weight excluding hydrogens is 424 g/mol. The highest BCUT2D eigenvalue weighted by Gasteiger charge is 2.72. The summed E-state index contributed by atoms with van der Waals surface area (Å²) in [6.07, 6.45) is 4.09. The standard InChI is InChI=1S/C23H18ClF2N3O2/c24-18-5-14(9-27)1-2-20(18)31-13-22-10-23(11-22,12-22)21(30)29-19(3-4-28-29)15-6-16(25)8-17(26)7-15/h1-2,4-8,19H,3,10-13H2. The average molecular weight is 442 g/mol. The molecular formula is C23H18ClF2N3O2. The molecule has 2 aromatic rings. The SMILES string of the molecule is N#Cc1ccc(OCC23CC(C(=O)N4N=CCC4c4cc(F)cc(F)c4)(C2)C3)c(Cl)c1. The lowest BCUT2D eigenvalue weighted by Crippen LogP contribution is -2.69. The van der Waals surface area contributed by atoms with Gasteiger partial charge >= 0.3 is 0 Å². The van der Waals surface area contributed by atoms with E-state index in [2.05, 4.69) is 5.10 Å². The normalized spacial score (nSPS) is 27.9. The van der Waals surface area contributed by atoms with Crippen molar-refractivity contribution in [2.75, 3.05) is 6.61 Å². The molecule has 2 bridgehead atoms. The van der Waals surface area contributed by atoms with Crippen molar-refractivity contribution in [1.82, 2.24) is 5.01 Å². The molecule has 0 saturated heterocycles. The number of amides is 1. The molecule has 1 amide bonds. The van der Waals surface area contributed by atoms with Crippen molar-refractivity contribution in [1.29, 1.82) is 5.26 Å². The third-order valence-corrected chi connectivity index (χ3v) is 6.79. The zero-order chi connectivity index (χ0) is 21.8. The van der Waals surface area contributed by atoms with Crippen LogP contribution in [0.15, 0.2) is 41.5 Å². The maximum atomic E-state index is 13.7. The van der Waals surface area contributed by atoms with Crippen molar-refractivity contribution in [2.24, 2.45) is 15.9 Å². The molecule has 1 unspecified atom stereocenters. The minimum absolute atomic E-state index is 0.0726. The van der Waals surface area contributed by atoms with Gasteiger partial charge in [0.15, 0.2) is 0 Å². The van der Waals surface area contributed by atoms with Crippen molar-refractivity contribution >= 4 is 23.7 Å². The summed E-state index contributed by atoms with van der Waals surface area (Å²) in [6, 6.07) is 9.74. The summed E-state index contributed by atoms with van der Waals surface area (Å²) in [4.78, 5) is 13.2. The lowest BCUT2D eigenvalue weighted by molar-refractivity contribution is -0.226. The number of ether oxygens (including phenoxy) is 1. The number of nitriles is 1. The molecule has 31 heavy (non-hydrogen) atoms. The molecule has 1 atom stereocenters. The number of hydrogen-bond acceptors (Lipinski definition) is 4. The number of benzene rings is 2. The van der Waals surface area contributed by atoms with E-state index in [9.17, 15) is 13.6 Å². The number of hydrogen-bond donors (Lipinski definition) is 0. The van der Waals surface area contributed by atoms with Crippen LogP contribution in [0.4, 0.5) is 8.78 Å². The number of hydrazone groups is 1. The smallest absolute Gasteiger partial charge is 0.249 e. The highest BCUT2D eigenvalue weighted by Crippen LogP contribution is 2.74. The number of carbonyl (C=O) groups excluding carboxylic acids is 1. The number of nitrogens with zero attached hydrogens (tertiary/aromatic N) is 3. The summed E-state index contributed by atoms with van der Waals surface area (Å²) >= 11 is 6.17. The Kier molecular flexibility index (Phi) is 4.52. The first-order valence-corrected chi connectivity index (χ1v) is 10.4. The molecule has 5 nitrogen and oxygen atoms in total. The van der Waals surface area contributed by atoms with Crippen LogP contribution in [0.25, 0.3) is 0 Å². The molecule has 1 aliphatic heterocycles. The lowest BCUT2D eigenvalue weighted by Gasteiger charge is -2.69. The van der Waals surface area contributed by atoms with E-state index >= 15 is 0 Å². The molecule has 3 saturated carbocycles. The third kappa shape index (κ3) is 3.26. The second kappa shape index (κ2) is 7.03. The Hall–Kier alpha value is -2.98. The molecule has 3 aliphatic carbocycles. The van der Waals surface area contributed by atoms with Crippen LogP contribution in [-0.4, -0.2) is 23.7 Å². The van der Waals surface area contributed by atoms with E-state index in [4.69, 9.17) is 21.6 Å². The van der Waals surface area contributed by atoms with Gasteiger partial charge in [-0.15, -0.1) is 0 Å². The first kappa shape index (κ1) is 20.0. The van der Waals surface area contributed by atoms with Crippen molar-refractivity contribution in [2.45, 2.75) is 31.7 Å². The van der Waals surface area contributed by atoms with E-state index in [1.165, 1.54) is 17.1 Å². The highest BCUT2D eigenvalue weighted by atomic mass is 35.5. The van der Waals surface area contributed by atoms with Crippen LogP contribution in [0.2, 0.25) is 5.02 Å². The van der Waals surface area contributed by atoms with Crippen LogP contribution >= 0.6 is 11.6 Å². The van der Waals surface area contributed by atoms with Crippen LogP contribution in [0, 0.1) is 33.8 Å². The van der Waals surface area contributed by atoms with Gasteiger partial charge in [-0.2, -0.15) is 10.4 Å². The second-order valence-electron chi connectivity index (χ2n) is 8.76. The van der Waals surface area contributed by atoms with Gasteiger partial charge in [0.2, 0.25) is 5.91 Å². The van der Waals surface area contributed by atoms with E-state index < -0.39 is 23.1 Å². The fraction of sp³-hybridized carbons (Fsp3) is 0.348. The van der Waals surface area contributed by atoms with Crippen molar-refractivity contribution < 1.29 is 18.3 Å². The molecule has 8 heteroatoms. The molecule has 0 N–H and O–H groups in total. The summed E-state index contributed by atoms with van der Waals surface area (Å²) in [6.45, 7) is 0.440. The van der Waals surface area contributed by atoms with Gasteiger partial charge < -0.3 is 4.74 Å². The maximum absolute atomic E-state index is 13.7. The molecule has 2 aromatic carbocycles. The summed E-state index contributed by atoms with van der Waals surface area (Å²) in [5, 5.41) is 14.9. The van der Waals surface area contributed by atoms with E-state index in [0.29, 0.717) is 54.2 Å². The van der Waals surface area contributed by atoms with Gasteiger partial charge in [0.1, 0.15) is 17.4 Å². The Morgan fingerprint density at radius 3 is 2.58 bits per heavy atom. The third-order valence-electron chi connectivity index (χ3n) is 6.50. The van der Waals surface area contributed by atoms with Gasteiger partial charge in [-0.3, -0.25) is 4.79 Å². The Morgan fingerprint density at radius 1 is 1.23 bits per heavy atom. The minimum Gasteiger partial charge on any atom is -0.491 e. The fourth-order valence-corrected chi connectivity index (χ4v) is 5.43. The van der Waals surface area contributed by atoms with E-state index in [-0.39, 0.29) is 11.3 Å². The first-order valence-electron chi connectivity index (χ1n) is 9.98. The van der Waals surface area contributed by atoms with Gasteiger partial charge in [0.05, 0.1) is 34.7 Å².